The van der Waals surface area contributed by atoms with Crippen molar-refractivity contribution < 1.29 is 9.59 Å². The lowest BCUT2D eigenvalue weighted by Crippen LogP contribution is -2.30. The Labute approximate surface area is 136 Å². The van der Waals surface area contributed by atoms with Crippen molar-refractivity contribution in [3.8, 4) is 0 Å². The number of hydrogen-bond acceptors (Lipinski definition) is 4. The maximum atomic E-state index is 11.8. The zero-order valence-corrected chi connectivity index (χ0v) is 13.2. The van der Waals surface area contributed by atoms with Crippen molar-refractivity contribution >= 4 is 34.2 Å². The van der Waals surface area contributed by atoms with Crippen molar-refractivity contribution in [2.75, 3.05) is 6.54 Å². The molecule has 118 valence electrons. The summed E-state index contributed by atoms with van der Waals surface area (Å²) in [5.74, 6) is 0.434. The van der Waals surface area contributed by atoms with Crippen LogP contribution in [0.15, 0.2) is 41.8 Å². The summed E-state index contributed by atoms with van der Waals surface area (Å²) in [5.41, 5.74) is 1.82. The Balaban J connectivity index is 1.42. The van der Waals surface area contributed by atoms with Gasteiger partial charge < -0.3 is 15.6 Å². The minimum Gasteiger partial charge on any atom is -0.351 e. The minimum atomic E-state index is -0.148. The van der Waals surface area contributed by atoms with E-state index in [-0.39, 0.29) is 18.2 Å². The number of amides is 2. The van der Waals surface area contributed by atoms with Crippen LogP contribution in [0, 0.1) is 0 Å². The lowest BCUT2D eigenvalue weighted by molar-refractivity contribution is -0.121. The van der Waals surface area contributed by atoms with Crippen molar-refractivity contribution in [2.24, 2.45) is 0 Å². The van der Waals surface area contributed by atoms with Gasteiger partial charge in [0.25, 0.3) is 5.91 Å². The van der Waals surface area contributed by atoms with E-state index in [9.17, 15) is 9.59 Å². The monoisotopic (exact) mass is 328 g/mol. The van der Waals surface area contributed by atoms with Gasteiger partial charge in [0.2, 0.25) is 5.91 Å². The van der Waals surface area contributed by atoms with Crippen LogP contribution < -0.4 is 10.6 Å². The average molecular weight is 328 g/mol. The fourth-order valence-electron chi connectivity index (χ4n) is 2.14. The number of para-hydroxylation sites is 2. The second-order valence-corrected chi connectivity index (χ2v) is 5.91. The van der Waals surface area contributed by atoms with Gasteiger partial charge in [-0.3, -0.25) is 9.59 Å². The number of benzene rings is 1. The molecule has 0 saturated heterocycles. The van der Waals surface area contributed by atoms with Crippen LogP contribution in [0.4, 0.5) is 0 Å². The van der Waals surface area contributed by atoms with E-state index >= 15 is 0 Å². The van der Waals surface area contributed by atoms with Crippen molar-refractivity contribution in [1.82, 2.24) is 20.6 Å². The average Bonchev–Trinajstić information content (AvgIpc) is 3.21. The van der Waals surface area contributed by atoms with Crippen LogP contribution in [0.5, 0.6) is 0 Å². The SMILES string of the molecule is O=C(CCNC(=O)c1cccs1)NCc1nc2ccccc2[nH]1. The molecular weight excluding hydrogens is 312 g/mol. The maximum Gasteiger partial charge on any atom is 0.261 e. The third-order valence-electron chi connectivity index (χ3n) is 3.27. The summed E-state index contributed by atoms with van der Waals surface area (Å²) in [7, 11) is 0. The Morgan fingerprint density at radius 1 is 1.13 bits per heavy atom. The zero-order valence-electron chi connectivity index (χ0n) is 12.3. The van der Waals surface area contributed by atoms with Gasteiger partial charge in [0.05, 0.1) is 22.5 Å². The van der Waals surface area contributed by atoms with Crippen LogP contribution in [0.1, 0.15) is 21.9 Å². The number of nitrogens with zero attached hydrogens (tertiary/aromatic N) is 1. The summed E-state index contributed by atoms with van der Waals surface area (Å²) >= 11 is 1.37. The predicted molar refractivity (Wildman–Crippen MR) is 89.2 cm³/mol. The normalized spacial score (nSPS) is 10.6. The van der Waals surface area contributed by atoms with Crippen LogP contribution >= 0.6 is 11.3 Å². The summed E-state index contributed by atoms with van der Waals surface area (Å²) in [6.45, 7) is 0.648. The molecule has 6 nitrogen and oxygen atoms in total. The Bertz CT molecular complexity index is 777. The molecule has 2 aromatic heterocycles. The molecule has 0 aliphatic rings. The van der Waals surface area contributed by atoms with Crippen molar-refractivity contribution in [3.05, 3.63) is 52.5 Å². The minimum absolute atomic E-state index is 0.128. The molecule has 3 aromatic rings. The van der Waals surface area contributed by atoms with E-state index in [4.69, 9.17) is 0 Å². The molecule has 3 N–H and O–H groups in total. The highest BCUT2D eigenvalue weighted by molar-refractivity contribution is 7.12. The number of carbonyl (C=O) groups is 2. The number of carbonyl (C=O) groups excluding carboxylic acids is 2. The number of aromatic amines is 1. The van der Waals surface area contributed by atoms with Crippen molar-refractivity contribution in [3.63, 3.8) is 0 Å². The fourth-order valence-corrected chi connectivity index (χ4v) is 2.78. The molecule has 0 aliphatic heterocycles. The molecule has 0 saturated carbocycles. The molecule has 0 fully saturated rings. The van der Waals surface area contributed by atoms with Gasteiger partial charge in [-0.05, 0) is 23.6 Å². The molecule has 23 heavy (non-hydrogen) atoms. The molecule has 2 heterocycles. The largest absolute Gasteiger partial charge is 0.351 e. The summed E-state index contributed by atoms with van der Waals surface area (Å²) in [5, 5.41) is 7.35. The van der Waals surface area contributed by atoms with E-state index in [0.29, 0.717) is 23.8 Å². The van der Waals surface area contributed by atoms with Gasteiger partial charge in [0, 0.05) is 13.0 Å². The standard InChI is InChI=1S/C16H16N4O2S/c21-15(7-8-17-16(22)13-6-3-9-23-13)18-10-14-19-11-4-1-2-5-12(11)20-14/h1-6,9H,7-8,10H2,(H,17,22)(H,18,21)(H,19,20). The molecule has 7 heteroatoms. The van der Waals surface area contributed by atoms with Crippen molar-refractivity contribution in [1.29, 1.82) is 0 Å². The number of aromatic nitrogens is 2. The smallest absolute Gasteiger partial charge is 0.261 e. The van der Waals surface area contributed by atoms with Gasteiger partial charge in [-0.1, -0.05) is 18.2 Å². The van der Waals surface area contributed by atoms with Crippen LogP contribution in [0.3, 0.4) is 0 Å². The molecule has 0 bridgehead atoms. The molecule has 3 rings (SSSR count). The molecule has 1 aromatic carbocycles. The third-order valence-corrected chi connectivity index (χ3v) is 4.14. The first kappa shape index (κ1) is 15.2. The van der Waals surface area contributed by atoms with Crippen molar-refractivity contribution in [2.45, 2.75) is 13.0 Å². The molecule has 0 unspecified atom stereocenters. The van der Waals surface area contributed by atoms with E-state index < -0.39 is 0 Å². The summed E-state index contributed by atoms with van der Waals surface area (Å²) < 4.78 is 0. The number of hydrogen-bond donors (Lipinski definition) is 3. The quantitative estimate of drug-likeness (QED) is 0.647. The predicted octanol–water partition coefficient (Wildman–Crippen LogP) is 2.06. The summed E-state index contributed by atoms with van der Waals surface area (Å²) in [6, 6.07) is 11.3. The van der Waals surface area contributed by atoms with Gasteiger partial charge in [0.15, 0.2) is 0 Å². The maximum absolute atomic E-state index is 11.8. The van der Waals surface area contributed by atoms with E-state index in [1.165, 1.54) is 11.3 Å². The third kappa shape index (κ3) is 3.95. The number of imidazole rings is 1. The first-order valence-corrected chi connectivity index (χ1v) is 8.12. The lowest BCUT2D eigenvalue weighted by Gasteiger charge is -2.04. The van der Waals surface area contributed by atoms with Gasteiger partial charge in [-0.25, -0.2) is 4.98 Å². The fraction of sp³-hybridized carbons (Fsp3) is 0.188. The second kappa shape index (κ2) is 7.06. The van der Waals surface area contributed by atoms with Gasteiger partial charge in [-0.15, -0.1) is 11.3 Å². The van der Waals surface area contributed by atoms with E-state index in [2.05, 4.69) is 20.6 Å². The zero-order chi connectivity index (χ0) is 16.1. The van der Waals surface area contributed by atoms with Crippen LogP contribution in [-0.2, 0) is 11.3 Å². The Hall–Kier alpha value is -2.67. The van der Waals surface area contributed by atoms with Gasteiger partial charge in [-0.2, -0.15) is 0 Å². The Morgan fingerprint density at radius 2 is 2.00 bits per heavy atom. The Morgan fingerprint density at radius 3 is 2.78 bits per heavy atom. The highest BCUT2D eigenvalue weighted by Crippen LogP contribution is 2.10. The molecular formula is C16H16N4O2S. The summed E-state index contributed by atoms with van der Waals surface area (Å²) in [6.07, 6.45) is 0.233. The van der Waals surface area contributed by atoms with E-state index in [1.54, 1.807) is 6.07 Å². The molecule has 2 amide bonds. The van der Waals surface area contributed by atoms with Crippen LogP contribution in [-0.4, -0.2) is 28.3 Å². The number of fused-ring (bicyclic) bond motifs is 1. The van der Waals surface area contributed by atoms with Crippen LogP contribution in [0.2, 0.25) is 0 Å². The summed E-state index contributed by atoms with van der Waals surface area (Å²) in [4.78, 5) is 31.7. The molecule has 0 spiro atoms. The number of thiophene rings is 1. The second-order valence-electron chi connectivity index (χ2n) is 4.96. The topological polar surface area (TPSA) is 86.9 Å². The first-order chi connectivity index (χ1) is 11.2. The van der Waals surface area contributed by atoms with Crippen LogP contribution in [0.25, 0.3) is 11.0 Å². The molecule has 0 radical (unpaired) electrons. The van der Waals surface area contributed by atoms with Gasteiger partial charge in [0.1, 0.15) is 5.82 Å². The van der Waals surface area contributed by atoms with E-state index in [1.807, 2.05) is 35.7 Å². The van der Waals surface area contributed by atoms with Gasteiger partial charge >= 0.3 is 0 Å². The first-order valence-electron chi connectivity index (χ1n) is 7.24. The van der Waals surface area contributed by atoms with E-state index in [0.717, 1.165) is 11.0 Å². The highest BCUT2D eigenvalue weighted by Gasteiger charge is 2.08. The number of nitrogens with one attached hydrogen (secondary N) is 3. The molecule has 0 atom stereocenters. The lowest BCUT2D eigenvalue weighted by atomic mass is 10.3. The highest BCUT2D eigenvalue weighted by atomic mass is 32.1. The molecule has 0 aliphatic carbocycles. The number of rotatable bonds is 6. The Kier molecular flexibility index (Phi) is 4.68. The number of H-pyrrole nitrogens is 1.